The maximum atomic E-state index is 4.94. The molecule has 3 nitrogen and oxygen atoms in total. The van der Waals surface area contributed by atoms with Gasteiger partial charge in [-0.2, -0.15) is 0 Å². The molecule has 0 aliphatic rings. The van der Waals surface area contributed by atoms with Crippen LogP contribution < -0.4 is 0 Å². The molecule has 0 aliphatic carbocycles. The minimum Gasteiger partial charge on any atom is -0.383 e. The zero-order valence-electron chi connectivity index (χ0n) is 7.73. The molecule has 0 aliphatic heterocycles. The first-order valence-corrected chi connectivity index (χ1v) is 3.57. The minimum atomic E-state index is 0. The molecule has 0 atom stereocenters. The van der Waals surface area contributed by atoms with Gasteiger partial charge in [-0.15, -0.1) is 0 Å². The lowest BCUT2D eigenvalue weighted by Crippen LogP contribution is -2.21. The number of methoxy groups -OCH3 is 2. The van der Waals surface area contributed by atoms with E-state index in [0.29, 0.717) is 13.2 Å². The van der Waals surface area contributed by atoms with E-state index < -0.39 is 0 Å². The smallest absolute Gasteiger partial charge is 0.0599 e. The fourth-order valence-electron chi connectivity index (χ4n) is 0.498. The van der Waals surface area contributed by atoms with Crippen molar-refractivity contribution in [3.8, 4) is 0 Å². The average Bonchev–Trinajstić information content (AvgIpc) is 1.97. The van der Waals surface area contributed by atoms with Crippen LogP contribution in [0.4, 0.5) is 14.1 Å². The van der Waals surface area contributed by atoms with Crippen molar-refractivity contribution in [1.82, 2.24) is 4.31 Å². The Hall–Kier alpha value is 0.0200. The average molecular weight is 224 g/mol. The number of hydrogen-bond acceptors (Lipinski definition) is 3. The molecule has 13 heavy (non-hydrogen) atoms. The lowest BCUT2D eigenvalue weighted by molar-refractivity contribution is 0.155. The second kappa shape index (κ2) is 17.9. The van der Waals surface area contributed by atoms with Gasteiger partial charge in [0.1, 0.15) is 0 Å². The van der Waals surface area contributed by atoms with Crippen molar-refractivity contribution >= 4 is 12.8 Å². The molecule has 0 bridgehead atoms. The zero-order chi connectivity index (χ0) is 7.82. The quantitative estimate of drug-likeness (QED) is 0.675. The fraction of sp³-hybridized carbons (Fsp3) is 1.00. The lowest BCUT2D eigenvalue weighted by Gasteiger charge is -2.11. The van der Waals surface area contributed by atoms with Gasteiger partial charge in [-0.05, 0) is 0 Å². The second-order valence-corrected chi connectivity index (χ2v) is 2.43. The van der Waals surface area contributed by atoms with Gasteiger partial charge in [0.2, 0.25) is 0 Å². The number of nitrogens with zero attached hydrogens (tertiary/aromatic N) is 1. The van der Waals surface area contributed by atoms with Crippen molar-refractivity contribution < 1.29 is 23.6 Å². The monoisotopic (exact) mass is 224 g/mol. The third-order valence-corrected chi connectivity index (χ3v) is 1.45. The molecule has 0 N–H and O–H groups in total. The Morgan fingerprint density at radius 1 is 0.923 bits per heavy atom. The normalized spacial score (nSPS) is 8.31. The Balaban J connectivity index is -0.000000135. The van der Waals surface area contributed by atoms with Gasteiger partial charge < -0.3 is 9.47 Å². The molecule has 0 saturated heterocycles. The van der Waals surface area contributed by atoms with Crippen LogP contribution in [0.15, 0.2) is 0 Å². The van der Waals surface area contributed by atoms with E-state index in [0.717, 1.165) is 13.1 Å². The third-order valence-electron chi connectivity index (χ3n) is 1.09. The van der Waals surface area contributed by atoms with Gasteiger partial charge in [-0.3, -0.25) is 14.1 Å². The van der Waals surface area contributed by atoms with E-state index in [2.05, 4.69) is 0 Å². The van der Waals surface area contributed by atoms with E-state index in [1.807, 2.05) is 0 Å². The van der Waals surface area contributed by atoms with Gasteiger partial charge in [0.15, 0.2) is 0 Å². The molecule has 0 aromatic rings. The van der Waals surface area contributed by atoms with E-state index in [1.54, 1.807) is 18.5 Å². The molecule has 0 unspecified atom stereocenters. The van der Waals surface area contributed by atoms with Crippen LogP contribution in [0.5, 0.6) is 0 Å². The molecule has 1 radical (unpaired) electrons. The van der Waals surface area contributed by atoms with Crippen molar-refractivity contribution in [3.63, 3.8) is 0 Å². The van der Waals surface area contributed by atoms with Crippen molar-refractivity contribution in [1.29, 1.82) is 0 Å². The number of halogens is 3. The van der Waals surface area contributed by atoms with E-state index in [1.165, 1.54) is 0 Å². The van der Waals surface area contributed by atoms with Crippen LogP contribution in [0, 0.1) is 0 Å². The highest BCUT2D eigenvalue weighted by Gasteiger charge is 1.97. The molecule has 85 valence electrons. The summed E-state index contributed by atoms with van der Waals surface area (Å²) in [6, 6.07) is 0. The Morgan fingerprint density at radius 3 is 1.46 bits per heavy atom. The summed E-state index contributed by atoms with van der Waals surface area (Å²) in [5.41, 5.74) is 0. The van der Waals surface area contributed by atoms with Crippen molar-refractivity contribution in [2.75, 3.05) is 40.5 Å². The zero-order valence-corrected chi connectivity index (χ0v) is 8.54. The molecule has 0 rings (SSSR count). The summed E-state index contributed by atoms with van der Waals surface area (Å²) in [4.78, 5) is 0. The SMILES string of the molecule is COCCN([S])CCOC.F.F.F. The highest BCUT2D eigenvalue weighted by Crippen LogP contribution is 1.91. The van der Waals surface area contributed by atoms with E-state index >= 15 is 0 Å². The fourth-order valence-corrected chi connectivity index (χ4v) is 0.647. The Kier molecular flexibility index (Phi) is 31.9. The first kappa shape index (κ1) is 23.1. The molecule has 0 spiro atoms. The third kappa shape index (κ3) is 18.8. The van der Waals surface area contributed by atoms with Gasteiger partial charge in [-0.1, -0.05) is 0 Å². The van der Waals surface area contributed by atoms with Crippen LogP contribution in [0.2, 0.25) is 0 Å². The molecule has 7 heteroatoms. The number of hydrogen-bond donors (Lipinski definition) is 0. The summed E-state index contributed by atoms with van der Waals surface area (Å²) in [6.45, 7) is 2.95. The summed E-state index contributed by atoms with van der Waals surface area (Å²) < 4.78 is 11.4. The Bertz CT molecular complexity index is 74.9. The molecule has 0 aromatic heterocycles. The van der Waals surface area contributed by atoms with Crippen LogP contribution in [0.25, 0.3) is 0 Å². The molecule has 0 saturated carbocycles. The van der Waals surface area contributed by atoms with E-state index in [9.17, 15) is 0 Å². The number of rotatable bonds is 6. The maximum absolute atomic E-state index is 4.94. The summed E-state index contributed by atoms with van der Waals surface area (Å²) >= 11 is 4.94. The van der Waals surface area contributed by atoms with Gasteiger partial charge in [0.25, 0.3) is 0 Å². The van der Waals surface area contributed by atoms with E-state index in [-0.39, 0.29) is 14.1 Å². The highest BCUT2D eigenvalue weighted by atomic mass is 32.1. The van der Waals surface area contributed by atoms with Crippen LogP contribution >= 0.6 is 12.8 Å². The largest absolute Gasteiger partial charge is 0.383 e. The first-order valence-electron chi connectivity index (χ1n) is 3.21. The van der Waals surface area contributed by atoms with Gasteiger partial charge >= 0.3 is 0 Å². The van der Waals surface area contributed by atoms with Crippen LogP contribution in [-0.2, 0) is 9.47 Å². The van der Waals surface area contributed by atoms with Crippen molar-refractivity contribution in [3.05, 3.63) is 0 Å². The summed E-state index contributed by atoms with van der Waals surface area (Å²) in [7, 11) is 3.33. The molecular formula is C6H17F3NO2S. The van der Waals surface area contributed by atoms with Crippen LogP contribution in [0.3, 0.4) is 0 Å². The van der Waals surface area contributed by atoms with Crippen LogP contribution in [-0.4, -0.2) is 44.8 Å². The molecule has 0 heterocycles. The van der Waals surface area contributed by atoms with Gasteiger partial charge in [-0.25, -0.2) is 4.31 Å². The topological polar surface area (TPSA) is 21.7 Å². The Labute approximate surface area is 82.0 Å². The highest BCUT2D eigenvalue weighted by molar-refractivity contribution is 7.77. The summed E-state index contributed by atoms with van der Waals surface area (Å²) in [5, 5.41) is 0. The predicted molar refractivity (Wildman–Crippen MR) is 50.4 cm³/mol. The maximum Gasteiger partial charge on any atom is 0.0599 e. The summed E-state index contributed by atoms with van der Waals surface area (Å²) in [6.07, 6.45) is 0. The standard InChI is InChI=1S/C6H14NO2S.3FH/c1-8-5-3-7(10)4-6-9-2;;;/h3-6H2,1-2H3;3*1H. The van der Waals surface area contributed by atoms with E-state index in [4.69, 9.17) is 22.3 Å². The molecular weight excluding hydrogens is 207 g/mol. The van der Waals surface area contributed by atoms with Crippen LogP contribution in [0.1, 0.15) is 0 Å². The Morgan fingerprint density at radius 2 is 1.23 bits per heavy atom. The molecule has 0 fully saturated rings. The minimum absolute atomic E-state index is 0. The first-order chi connectivity index (χ1) is 4.81. The molecule has 0 aromatic carbocycles. The van der Waals surface area contributed by atoms with Gasteiger partial charge in [0, 0.05) is 40.1 Å². The summed E-state index contributed by atoms with van der Waals surface area (Å²) in [5.74, 6) is 0. The second-order valence-electron chi connectivity index (χ2n) is 1.91. The predicted octanol–water partition coefficient (Wildman–Crippen LogP) is 1.15. The lowest BCUT2D eigenvalue weighted by atomic mass is 10.6. The van der Waals surface area contributed by atoms with Crippen molar-refractivity contribution in [2.45, 2.75) is 0 Å². The molecule has 0 amide bonds. The van der Waals surface area contributed by atoms with Gasteiger partial charge in [0.05, 0.1) is 13.2 Å². The van der Waals surface area contributed by atoms with Crippen molar-refractivity contribution in [2.24, 2.45) is 0 Å². The number of ether oxygens (including phenoxy) is 2.